The van der Waals surface area contributed by atoms with Gasteiger partial charge in [0.25, 0.3) is 11.6 Å². The van der Waals surface area contributed by atoms with E-state index in [9.17, 15) is 19.7 Å². The van der Waals surface area contributed by atoms with E-state index in [1.165, 1.54) is 12.1 Å². The topological polar surface area (TPSA) is 103 Å². The summed E-state index contributed by atoms with van der Waals surface area (Å²) in [7, 11) is 0. The summed E-state index contributed by atoms with van der Waals surface area (Å²) in [4.78, 5) is 30.8. The molecule has 16 heavy (non-hydrogen) atoms. The molecule has 0 radical (unpaired) electrons. The summed E-state index contributed by atoms with van der Waals surface area (Å²) >= 11 is 0. The first-order valence-electron chi connectivity index (χ1n) is 4.09. The van der Waals surface area contributed by atoms with Crippen LogP contribution in [0.4, 0.5) is 5.69 Å². The number of carbonyl (C=O) groups is 2. The minimum Gasteiger partial charge on any atom is -0.359 e. The van der Waals surface area contributed by atoms with Gasteiger partial charge in [-0.2, -0.15) is 0 Å². The SMILES string of the molecule is NC(=O)C#Cc1ccc(C=O)cc1[N+](=O)[O-]. The Balaban J connectivity index is 3.30. The van der Waals surface area contributed by atoms with Crippen LogP contribution in [0.1, 0.15) is 15.9 Å². The Kier molecular flexibility index (Phi) is 3.35. The predicted molar refractivity (Wildman–Crippen MR) is 54.6 cm³/mol. The van der Waals surface area contributed by atoms with Crippen molar-refractivity contribution < 1.29 is 14.5 Å². The Morgan fingerprint density at radius 2 is 2.19 bits per heavy atom. The Morgan fingerprint density at radius 1 is 1.50 bits per heavy atom. The minimum atomic E-state index is -0.881. The van der Waals surface area contributed by atoms with Crippen molar-refractivity contribution in [1.29, 1.82) is 0 Å². The summed E-state index contributed by atoms with van der Waals surface area (Å²) in [6.07, 6.45) is 0.484. The number of amides is 1. The molecular formula is C10H6N2O4. The molecule has 1 rings (SSSR count). The monoisotopic (exact) mass is 218 g/mol. The third-order valence-electron chi connectivity index (χ3n) is 1.67. The Labute approximate surface area is 90.2 Å². The maximum Gasteiger partial charge on any atom is 0.293 e. The van der Waals surface area contributed by atoms with Crippen molar-refractivity contribution in [2.75, 3.05) is 0 Å². The summed E-state index contributed by atoms with van der Waals surface area (Å²) < 4.78 is 0. The lowest BCUT2D eigenvalue weighted by Gasteiger charge is -1.95. The van der Waals surface area contributed by atoms with E-state index in [1.807, 2.05) is 5.92 Å². The number of nitrogens with zero attached hydrogens (tertiary/aromatic N) is 1. The summed E-state index contributed by atoms with van der Waals surface area (Å²) in [5.41, 5.74) is 4.65. The second kappa shape index (κ2) is 4.70. The lowest BCUT2D eigenvalue weighted by atomic mass is 10.1. The van der Waals surface area contributed by atoms with Crippen LogP contribution < -0.4 is 5.73 Å². The van der Waals surface area contributed by atoms with Gasteiger partial charge in [0.15, 0.2) is 0 Å². The first-order valence-corrected chi connectivity index (χ1v) is 4.09. The summed E-state index contributed by atoms with van der Waals surface area (Å²) in [5.74, 6) is 3.37. The van der Waals surface area contributed by atoms with E-state index in [4.69, 9.17) is 5.73 Å². The van der Waals surface area contributed by atoms with Gasteiger partial charge in [0.2, 0.25) is 0 Å². The maximum absolute atomic E-state index is 10.6. The smallest absolute Gasteiger partial charge is 0.293 e. The highest BCUT2D eigenvalue weighted by atomic mass is 16.6. The Hall–Kier alpha value is -2.68. The highest BCUT2D eigenvalue weighted by Crippen LogP contribution is 2.18. The average Bonchev–Trinajstić information content (AvgIpc) is 2.25. The molecule has 0 bridgehead atoms. The summed E-state index contributed by atoms with van der Waals surface area (Å²) in [5, 5.41) is 10.6. The number of nitro groups is 1. The molecular weight excluding hydrogens is 212 g/mol. The van der Waals surface area contributed by atoms with Crippen molar-refractivity contribution in [3.05, 3.63) is 39.4 Å². The number of hydrogen-bond donors (Lipinski definition) is 1. The number of hydrogen-bond acceptors (Lipinski definition) is 4. The zero-order chi connectivity index (χ0) is 12.1. The summed E-state index contributed by atoms with van der Waals surface area (Å²) in [6, 6.07) is 3.74. The van der Waals surface area contributed by atoms with Crippen LogP contribution in [0, 0.1) is 22.0 Å². The Bertz CT molecular complexity index is 525. The van der Waals surface area contributed by atoms with E-state index in [0.717, 1.165) is 6.07 Å². The van der Waals surface area contributed by atoms with Crippen LogP contribution in [-0.4, -0.2) is 17.1 Å². The number of rotatable bonds is 2. The fourth-order valence-electron chi connectivity index (χ4n) is 1.01. The van der Waals surface area contributed by atoms with Crippen molar-refractivity contribution in [3.63, 3.8) is 0 Å². The van der Waals surface area contributed by atoms with Gasteiger partial charge in [0.1, 0.15) is 11.8 Å². The van der Waals surface area contributed by atoms with Crippen molar-refractivity contribution in [1.82, 2.24) is 0 Å². The van der Waals surface area contributed by atoms with Crippen LogP contribution in [0.5, 0.6) is 0 Å². The van der Waals surface area contributed by atoms with Crippen molar-refractivity contribution in [3.8, 4) is 11.8 Å². The molecule has 0 unspecified atom stereocenters. The molecule has 0 aliphatic rings. The van der Waals surface area contributed by atoms with Gasteiger partial charge >= 0.3 is 0 Å². The molecule has 80 valence electrons. The highest BCUT2D eigenvalue weighted by Gasteiger charge is 2.12. The van der Waals surface area contributed by atoms with Gasteiger partial charge in [-0.25, -0.2) is 0 Å². The standard InChI is InChI=1S/C10H6N2O4/c11-10(14)4-3-8-2-1-7(6-13)5-9(8)12(15)16/h1-2,5-6H,(H2,11,14). The first-order chi connectivity index (χ1) is 7.54. The molecule has 0 atom stereocenters. The van der Waals surface area contributed by atoms with Gasteiger partial charge in [-0.3, -0.25) is 19.7 Å². The van der Waals surface area contributed by atoms with E-state index in [-0.39, 0.29) is 16.8 Å². The molecule has 0 spiro atoms. The first kappa shape index (κ1) is 11.4. The Morgan fingerprint density at radius 3 is 2.69 bits per heavy atom. The fourth-order valence-corrected chi connectivity index (χ4v) is 1.01. The lowest BCUT2D eigenvalue weighted by molar-refractivity contribution is -0.385. The van der Waals surface area contributed by atoms with Crippen LogP contribution in [0.3, 0.4) is 0 Å². The molecule has 6 heteroatoms. The molecule has 1 aromatic rings. The molecule has 1 aromatic carbocycles. The van der Waals surface area contributed by atoms with Gasteiger partial charge in [0, 0.05) is 17.6 Å². The number of nitrogens with two attached hydrogens (primary N) is 1. The number of primary amides is 1. The molecule has 0 saturated carbocycles. The van der Waals surface area contributed by atoms with Gasteiger partial charge in [-0.1, -0.05) is 0 Å². The van der Waals surface area contributed by atoms with Crippen molar-refractivity contribution in [2.24, 2.45) is 5.73 Å². The lowest BCUT2D eigenvalue weighted by Crippen LogP contribution is -2.06. The molecule has 0 heterocycles. The van der Waals surface area contributed by atoms with E-state index in [2.05, 4.69) is 5.92 Å². The average molecular weight is 218 g/mol. The zero-order valence-electron chi connectivity index (χ0n) is 7.97. The van der Waals surface area contributed by atoms with Crippen molar-refractivity contribution in [2.45, 2.75) is 0 Å². The van der Waals surface area contributed by atoms with E-state index >= 15 is 0 Å². The predicted octanol–water partition coefficient (Wildman–Crippen LogP) is 0.244. The van der Waals surface area contributed by atoms with E-state index < -0.39 is 10.8 Å². The van der Waals surface area contributed by atoms with Crippen LogP contribution >= 0.6 is 0 Å². The highest BCUT2D eigenvalue weighted by molar-refractivity contribution is 5.92. The van der Waals surface area contributed by atoms with E-state index in [1.54, 1.807) is 0 Å². The third kappa shape index (κ3) is 2.65. The quantitative estimate of drug-likeness (QED) is 0.332. The van der Waals surface area contributed by atoms with Crippen LogP contribution in [0.2, 0.25) is 0 Å². The number of benzene rings is 1. The minimum absolute atomic E-state index is 0.0365. The van der Waals surface area contributed by atoms with Gasteiger partial charge < -0.3 is 5.73 Å². The van der Waals surface area contributed by atoms with Crippen molar-refractivity contribution >= 4 is 17.9 Å². The molecule has 0 aliphatic heterocycles. The molecule has 2 N–H and O–H groups in total. The summed E-state index contributed by atoms with van der Waals surface area (Å²) in [6.45, 7) is 0. The third-order valence-corrected chi connectivity index (χ3v) is 1.67. The molecule has 0 fully saturated rings. The molecule has 6 nitrogen and oxygen atoms in total. The number of carbonyl (C=O) groups excluding carboxylic acids is 2. The van der Waals surface area contributed by atoms with Crippen LogP contribution in [0.15, 0.2) is 18.2 Å². The molecule has 0 saturated heterocycles. The molecule has 1 amide bonds. The van der Waals surface area contributed by atoms with Gasteiger partial charge in [-0.05, 0) is 18.1 Å². The van der Waals surface area contributed by atoms with Gasteiger partial charge in [0.05, 0.1) is 4.92 Å². The second-order valence-corrected chi connectivity index (χ2v) is 2.77. The van der Waals surface area contributed by atoms with Crippen LogP contribution in [-0.2, 0) is 4.79 Å². The van der Waals surface area contributed by atoms with E-state index in [0.29, 0.717) is 6.29 Å². The number of nitro benzene ring substituents is 1. The van der Waals surface area contributed by atoms with Crippen LogP contribution in [0.25, 0.3) is 0 Å². The fraction of sp³-hybridized carbons (Fsp3) is 0. The normalized spacial score (nSPS) is 8.75. The second-order valence-electron chi connectivity index (χ2n) is 2.77. The number of aldehydes is 1. The molecule has 0 aliphatic carbocycles. The van der Waals surface area contributed by atoms with Gasteiger partial charge in [-0.15, -0.1) is 0 Å². The maximum atomic E-state index is 10.6. The molecule has 0 aromatic heterocycles. The largest absolute Gasteiger partial charge is 0.359 e. The zero-order valence-corrected chi connectivity index (χ0v) is 7.97.